The van der Waals surface area contributed by atoms with E-state index in [-0.39, 0.29) is 6.42 Å². The van der Waals surface area contributed by atoms with E-state index < -0.39 is 17.9 Å². The summed E-state index contributed by atoms with van der Waals surface area (Å²) in [7, 11) is 4.55. The van der Waals surface area contributed by atoms with Gasteiger partial charge in [-0.05, 0) is 35.9 Å². The van der Waals surface area contributed by atoms with Crippen LogP contribution >= 0.6 is 0 Å². The number of aliphatic carboxylic acids is 1. The zero-order chi connectivity index (χ0) is 19.1. The summed E-state index contributed by atoms with van der Waals surface area (Å²) in [5.74, 6) is 0.113. The third-order valence-corrected chi connectivity index (χ3v) is 3.84. The molecule has 0 fully saturated rings. The zero-order valence-electron chi connectivity index (χ0n) is 14.8. The molecule has 7 nitrogen and oxygen atoms in total. The minimum atomic E-state index is -1.16. The molecule has 2 rings (SSSR count). The summed E-state index contributed by atoms with van der Waals surface area (Å²) in [4.78, 5) is 24.0. The standard InChI is InChI=1S/C19H21NO6/c1-24-14-6-4-12(5-7-14)18(19(22)23)20-17(21)11-13-10-15(25-2)8-9-16(13)26-3/h4-10,18H,11H2,1-3H3,(H,20,21)(H,22,23). The van der Waals surface area contributed by atoms with Crippen molar-refractivity contribution in [3.05, 3.63) is 53.6 Å². The molecule has 0 aliphatic heterocycles. The van der Waals surface area contributed by atoms with Crippen LogP contribution in [0.2, 0.25) is 0 Å². The van der Waals surface area contributed by atoms with Gasteiger partial charge in [0, 0.05) is 5.56 Å². The first-order valence-corrected chi connectivity index (χ1v) is 7.85. The Bertz CT molecular complexity index is 772. The molecule has 138 valence electrons. The van der Waals surface area contributed by atoms with E-state index in [1.807, 2.05) is 0 Å². The van der Waals surface area contributed by atoms with Crippen LogP contribution in [-0.2, 0) is 16.0 Å². The Balaban J connectivity index is 2.16. The van der Waals surface area contributed by atoms with Crippen molar-refractivity contribution in [3.63, 3.8) is 0 Å². The second-order valence-electron chi connectivity index (χ2n) is 5.47. The normalized spacial score (nSPS) is 11.3. The molecule has 0 radical (unpaired) electrons. The summed E-state index contributed by atoms with van der Waals surface area (Å²) < 4.78 is 15.5. The van der Waals surface area contributed by atoms with Crippen molar-refractivity contribution in [2.24, 2.45) is 0 Å². The second kappa shape index (κ2) is 8.75. The molecule has 0 aromatic heterocycles. The number of methoxy groups -OCH3 is 3. The quantitative estimate of drug-likeness (QED) is 0.750. The van der Waals surface area contributed by atoms with Crippen LogP contribution in [0.25, 0.3) is 0 Å². The Hall–Kier alpha value is -3.22. The number of amides is 1. The molecule has 2 N–H and O–H groups in total. The van der Waals surface area contributed by atoms with Gasteiger partial charge in [-0.25, -0.2) is 4.79 Å². The van der Waals surface area contributed by atoms with Gasteiger partial charge in [0.2, 0.25) is 5.91 Å². The summed E-state index contributed by atoms with van der Waals surface area (Å²) >= 11 is 0. The zero-order valence-corrected chi connectivity index (χ0v) is 14.8. The number of ether oxygens (including phenoxy) is 3. The summed E-state index contributed by atoms with van der Waals surface area (Å²) in [5.41, 5.74) is 1.05. The highest BCUT2D eigenvalue weighted by Crippen LogP contribution is 2.25. The maximum absolute atomic E-state index is 12.4. The van der Waals surface area contributed by atoms with E-state index in [9.17, 15) is 14.7 Å². The monoisotopic (exact) mass is 359 g/mol. The molecule has 2 aromatic rings. The van der Waals surface area contributed by atoms with Crippen molar-refractivity contribution in [3.8, 4) is 17.2 Å². The topological polar surface area (TPSA) is 94.1 Å². The van der Waals surface area contributed by atoms with Crippen LogP contribution in [0.3, 0.4) is 0 Å². The highest BCUT2D eigenvalue weighted by Gasteiger charge is 2.23. The predicted molar refractivity (Wildman–Crippen MR) is 94.8 cm³/mol. The molecule has 7 heteroatoms. The Labute approximate surface area is 151 Å². The lowest BCUT2D eigenvalue weighted by atomic mass is 10.1. The fraction of sp³-hybridized carbons (Fsp3) is 0.263. The number of carboxylic acids is 1. The Morgan fingerprint density at radius 1 is 0.962 bits per heavy atom. The molecule has 0 bridgehead atoms. The van der Waals surface area contributed by atoms with Gasteiger partial charge < -0.3 is 24.6 Å². The van der Waals surface area contributed by atoms with Gasteiger partial charge in [0.1, 0.15) is 17.2 Å². The molecule has 0 aliphatic rings. The van der Waals surface area contributed by atoms with Crippen LogP contribution in [0.4, 0.5) is 0 Å². The lowest BCUT2D eigenvalue weighted by Crippen LogP contribution is -2.34. The smallest absolute Gasteiger partial charge is 0.330 e. The van der Waals surface area contributed by atoms with E-state index in [0.717, 1.165) is 0 Å². The first-order valence-electron chi connectivity index (χ1n) is 7.85. The Kier molecular flexibility index (Phi) is 6.43. The summed E-state index contributed by atoms with van der Waals surface area (Å²) in [6, 6.07) is 10.4. The number of benzene rings is 2. The molecule has 0 saturated carbocycles. The second-order valence-corrected chi connectivity index (χ2v) is 5.47. The van der Waals surface area contributed by atoms with E-state index in [1.165, 1.54) is 21.3 Å². The predicted octanol–water partition coefficient (Wildman–Crippen LogP) is 2.20. The van der Waals surface area contributed by atoms with E-state index >= 15 is 0 Å². The number of hydrogen-bond donors (Lipinski definition) is 2. The SMILES string of the molecule is COc1ccc(C(NC(=O)Cc2cc(OC)ccc2OC)C(=O)O)cc1. The van der Waals surface area contributed by atoms with Gasteiger partial charge in [-0.3, -0.25) is 4.79 Å². The molecular weight excluding hydrogens is 338 g/mol. The molecule has 0 aliphatic carbocycles. The Morgan fingerprint density at radius 3 is 2.12 bits per heavy atom. The molecule has 2 aromatic carbocycles. The van der Waals surface area contributed by atoms with Gasteiger partial charge in [0.15, 0.2) is 6.04 Å². The Morgan fingerprint density at radius 2 is 1.58 bits per heavy atom. The van der Waals surface area contributed by atoms with Crippen molar-refractivity contribution in [2.45, 2.75) is 12.5 Å². The molecular formula is C19H21NO6. The molecule has 26 heavy (non-hydrogen) atoms. The molecule has 0 heterocycles. The summed E-state index contributed by atoms with van der Waals surface area (Å²) in [6.45, 7) is 0. The third-order valence-electron chi connectivity index (χ3n) is 3.84. The highest BCUT2D eigenvalue weighted by molar-refractivity contribution is 5.86. The summed E-state index contributed by atoms with van der Waals surface area (Å²) in [6.07, 6.45) is -0.0414. The van der Waals surface area contributed by atoms with Gasteiger partial charge in [0.05, 0.1) is 27.8 Å². The fourth-order valence-corrected chi connectivity index (χ4v) is 2.49. The van der Waals surface area contributed by atoms with Crippen molar-refractivity contribution in [1.82, 2.24) is 5.32 Å². The highest BCUT2D eigenvalue weighted by atomic mass is 16.5. The van der Waals surface area contributed by atoms with Crippen LogP contribution in [0.15, 0.2) is 42.5 Å². The van der Waals surface area contributed by atoms with Crippen LogP contribution in [0.5, 0.6) is 17.2 Å². The van der Waals surface area contributed by atoms with Crippen LogP contribution in [0, 0.1) is 0 Å². The van der Waals surface area contributed by atoms with E-state index in [1.54, 1.807) is 42.5 Å². The number of nitrogens with one attached hydrogen (secondary N) is 1. The number of carbonyl (C=O) groups excluding carboxylic acids is 1. The molecule has 1 amide bonds. The molecule has 0 saturated heterocycles. The van der Waals surface area contributed by atoms with Crippen molar-refractivity contribution >= 4 is 11.9 Å². The lowest BCUT2D eigenvalue weighted by Gasteiger charge is -2.16. The lowest BCUT2D eigenvalue weighted by molar-refractivity contribution is -0.142. The average molecular weight is 359 g/mol. The van der Waals surface area contributed by atoms with Gasteiger partial charge in [0.25, 0.3) is 0 Å². The van der Waals surface area contributed by atoms with Gasteiger partial charge in [-0.15, -0.1) is 0 Å². The van der Waals surface area contributed by atoms with Crippen molar-refractivity contribution in [2.75, 3.05) is 21.3 Å². The van der Waals surface area contributed by atoms with Crippen LogP contribution < -0.4 is 19.5 Å². The molecule has 1 unspecified atom stereocenters. The number of carboxylic acid groups (broad SMARTS) is 1. The number of carbonyl (C=O) groups is 2. The van der Waals surface area contributed by atoms with E-state index in [4.69, 9.17) is 14.2 Å². The maximum atomic E-state index is 12.4. The number of rotatable bonds is 8. The third kappa shape index (κ3) is 4.66. The molecule has 0 spiro atoms. The van der Waals surface area contributed by atoms with E-state index in [2.05, 4.69) is 5.32 Å². The van der Waals surface area contributed by atoms with Gasteiger partial charge >= 0.3 is 5.97 Å². The summed E-state index contributed by atoms with van der Waals surface area (Å²) in [5, 5.41) is 12.0. The van der Waals surface area contributed by atoms with Crippen LogP contribution in [-0.4, -0.2) is 38.3 Å². The first kappa shape index (κ1) is 19.1. The minimum absolute atomic E-state index is 0.0414. The average Bonchev–Trinajstić information content (AvgIpc) is 2.66. The van der Waals surface area contributed by atoms with Crippen molar-refractivity contribution in [1.29, 1.82) is 0 Å². The van der Waals surface area contributed by atoms with Gasteiger partial charge in [-0.2, -0.15) is 0 Å². The first-order chi connectivity index (χ1) is 12.5. The largest absolute Gasteiger partial charge is 0.497 e. The minimum Gasteiger partial charge on any atom is -0.497 e. The molecule has 1 atom stereocenters. The van der Waals surface area contributed by atoms with Crippen molar-refractivity contribution < 1.29 is 28.9 Å². The fourth-order valence-electron chi connectivity index (χ4n) is 2.49. The van der Waals surface area contributed by atoms with E-state index in [0.29, 0.717) is 28.4 Å². The van der Waals surface area contributed by atoms with Gasteiger partial charge in [-0.1, -0.05) is 12.1 Å². The van der Waals surface area contributed by atoms with Crippen LogP contribution in [0.1, 0.15) is 17.2 Å². The maximum Gasteiger partial charge on any atom is 0.330 e. The number of hydrogen-bond acceptors (Lipinski definition) is 5.